The molecule has 1 atom stereocenters. The summed E-state index contributed by atoms with van der Waals surface area (Å²) in [5, 5.41) is 7.44. The third-order valence-corrected chi connectivity index (χ3v) is 6.13. The van der Waals surface area contributed by atoms with Crippen molar-refractivity contribution in [3.63, 3.8) is 0 Å². The van der Waals surface area contributed by atoms with Crippen LogP contribution in [-0.4, -0.2) is 26.1 Å². The molecule has 0 saturated heterocycles. The Bertz CT molecular complexity index is 1270. The molecule has 5 rings (SSSR count). The SMILES string of the molecule is Cc1nn(CC(=O)N2c3ccccc3C[C@@H]2C)c(=O)c2cc3ccsc3n12. The van der Waals surface area contributed by atoms with Gasteiger partial charge in [-0.1, -0.05) is 18.2 Å². The van der Waals surface area contributed by atoms with Gasteiger partial charge >= 0.3 is 0 Å². The van der Waals surface area contributed by atoms with Crippen LogP contribution >= 0.6 is 11.3 Å². The summed E-state index contributed by atoms with van der Waals surface area (Å²) in [6.45, 7) is 3.83. The number of hydrogen-bond donors (Lipinski definition) is 0. The van der Waals surface area contributed by atoms with Gasteiger partial charge in [0.05, 0.1) is 0 Å². The maximum Gasteiger partial charge on any atom is 0.291 e. The van der Waals surface area contributed by atoms with E-state index in [-0.39, 0.29) is 24.1 Å². The summed E-state index contributed by atoms with van der Waals surface area (Å²) < 4.78 is 3.17. The van der Waals surface area contributed by atoms with Gasteiger partial charge in [-0.25, -0.2) is 4.68 Å². The van der Waals surface area contributed by atoms with Crippen LogP contribution in [0.5, 0.6) is 0 Å². The topological polar surface area (TPSA) is 59.6 Å². The molecule has 4 heterocycles. The molecule has 1 aromatic carbocycles. The van der Waals surface area contributed by atoms with Crippen LogP contribution in [0.25, 0.3) is 15.7 Å². The van der Waals surface area contributed by atoms with Gasteiger partial charge in [-0.05, 0) is 49.4 Å². The fourth-order valence-electron chi connectivity index (χ4n) is 4.06. The highest BCUT2D eigenvalue weighted by Gasteiger charge is 2.31. The highest BCUT2D eigenvalue weighted by Crippen LogP contribution is 2.32. The number of thiophene rings is 1. The molecule has 0 spiro atoms. The minimum Gasteiger partial charge on any atom is -0.307 e. The van der Waals surface area contributed by atoms with Crippen LogP contribution in [0.1, 0.15) is 18.3 Å². The summed E-state index contributed by atoms with van der Waals surface area (Å²) in [7, 11) is 0. The lowest BCUT2D eigenvalue weighted by Gasteiger charge is -2.23. The number of fused-ring (bicyclic) bond motifs is 4. The fourth-order valence-corrected chi connectivity index (χ4v) is 5.00. The predicted octanol–water partition coefficient (Wildman–Crippen LogP) is 3.00. The second-order valence-corrected chi connectivity index (χ2v) is 7.90. The normalized spacial score (nSPS) is 16.4. The van der Waals surface area contributed by atoms with Crippen LogP contribution in [0, 0.1) is 6.92 Å². The van der Waals surface area contributed by atoms with Gasteiger partial charge in [0, 0.05) is 17.1 Å². The zero-order valence-corrected chi connectivity index (χ0v) is 15.9. The Balaban J connectivity index is 1.56. The molecule has 0 N–H and O–H groups in total. The lowest BCUT2D eigenvalue weighted by Crippen LogP contribution is -2.41. The zero-order valence-electron chi connectivity index (χ0n) is 15.0. The first kappa shape index (κ1) is 16.3. The molecule has 0 bridgehead atoms. The van der Waals surface area contributed by atoms with E-state index in [1.165, 1.54) is 4.68 Å². The standard InChI is InChI=1S/C20H18N4O2S/c1-12-9-14-5-3-4-6-16(14)23(12)18(25)11-22-19(26)17-10-15-7-8-27-20(15)24(17)13(2)21-22/h3-8,10,12H,9,11H2,1-2H3/t12-/m0/s1. The first-order valence-corrected chi connectivity index (χ1v) is 9.79. The average Bonchev–Trinajstić information content (AvgIpc) is 3.30. The summed E-state index contributed by atoms with van der Waals surface area (Å²) in [5.74, 6) is 0.587. The van der Waals surface area contributed by atoms with E-state index in [1.807, 2.05) is 60.0 Å². The molecule has 27 heavy (non-hydrogen) atoms. The Morgan fingerprint density at radius 3 is 2.96 bits per heavy atom. The molecule has 0 saturated carbocycles. The molecule has 1 aliphatic heterocycles. The van der Waals surface area contributed by atoms with Gasteiger partial charge in [0.2, 0.25) is 5.91 Å². The molecule has 1 amide bonds. The number of amides is 1. The summed E-state index contributed by atoms with van der Waals surface area (Å²) in [4.78, 5) is 28.8. The fraction of sp³-hybridized carbons (Fsp3) is 0.250. The second kappa shape index (κ2) is 5.79. The van der Waals surface area contributed by atoms with Crippen molar-refractivity contribution < 1.29 is 4.79 Å². The number of rotatable bonds is 2. The van der Waals surface area contributed by atoms with Crippen molar-refractivity contribution >= 4 is 38.7 Å². The van der Waals surface area contributed by atoms with Crippen molar-refractivity contribution in [1.29, 1.82) is 0 Å². The van der Waals surface area contributed by atoms with Gasteiger partial charge in [-0.2, -0.15) is 5.10 Å². The number of aryl methyl sites for hydroxylation is 1. The van der Waals surface area contributed by atoms with E-state index in [2.05, 4.69) is 5.10 Å². The van der Waals surface area contributed by atoms with Gasteiger partial charge in [-0.15, -0.1) is 11.3 Å². The quantitative estimate of drug-likeness (QED) is 0.539. The van der Waals surface area contributed by atoms with Gasteiger partial charge in [0.1, 0.15) is 22.7 Å². The lowest BCUT2D eigenvalue weighted by atomic mass is 10.1. The number of carbonyl (C=O) groups excluding carboxylic acids is 1. The van der Waals surface area contributed by atoms with E-state index in [0.29, 0.717) is 11.3 Å². The van der Waals surface area contributed by atoms with Crippen molar-refractivity contribution in [1.82, 2.24) is 14.2 Å². The Kier molecular flexibility index (Phi) is 3.48. The van der Waals surface area contributed by atoms with E-state index in [9.17, 15) is 9.59 Å². The molecule has 1 aliphatic rings. The smallest absolute Gasteiger partial charge is 0.291 e. The van der Waals surface area contributed by atoms with E-state index < -0.39 is 0 Å². The van der Waals surface area contributed by atoms with Gasteiger partial charge in [0.15, 0.2) is 0 Å². The molecular weight excluding hydrogens is 360 g/mol. The summed E-state index contributed by atoms with van der Waals surface area (Å²) >= 11 is 1.58. The number of nitrogens with zero attached hydrogens (tertiary/aromatic N) is 4. The maximum absolute atomic E-state index is 13.0. The predicted molar refractivity (Wildman–Crippen MR) is 107 cm³/mol. The third-order valence-electron chi connectivity index (χ3n) is 5.21. The van der Waals surface area contributed by atoms with Crippen molar-refractivity contribution in [2.45, 2.75) is 32.9 Å². The van der Waals surface area contributed by atoms with Crippen molar-refractivity contribution in [2.24, 2.45) is 0 Å². The third kappa shape index (κ3) is 2.35. The number of benzene rings is 1. The number of hydrogen-bond acceptors (Lipinski definition) is 4. The molecule has 0 unspecified atom stereocenters. The number of aromatic nitrogens is 3. The molecule has 7 heteroatoms. The van der Waals surface area contributed by atoms with Crippen molar-refractivity contribution in [3.05, 3.63) is 63.5 Å². The average molecular weight is 378 g/mol. The lowest BCUT2D eigenvalue weighted by molar-refractivity contribution is -0.119. The van der Waals surface area contributed by atoms with Crippen molar-refractivity contribution in [2.75, 3.05) is 4.90 Å². The molecule has 136 valence electrons. The number of carbonyl (C=O) groups is 1. The van der Waals surface area contributed by atoms with Gasteiger partial charge < -0.3 is 4.90 Å². The Morgan fingerprint density at radius 1 is 1.30 bits per heavy atom. The summed E-state index contributed by atoms with van der Waals surface area (Å²) in [5.41, 5.74) is 2.42. The molecule has 0 radical (unpaired) electrons. The Morgan fingerprint density at radius 2 is 2.11 bits per heavy atom. The van der Waals surface area contributed by atoms with Gasteiger partial charge in [0.25, 0.3) is 5.56 Å². The molecular formula is C20H18N4O2S. The largest absolute Gasteiger partial charge is 0.307 e. The monoisotopic (exact) mass is 378 g/mol. The van der Waals surface area contributed by atoms with Crippen LogP contribution in [0.4, 0.5) is 5.69 Å². The zero-order chi connectivity index (χ0) is 18.7. The van der Waals surface area contributed by atoms with Crippen LogP contribution < -0.4 is 10.5 Å². The Hall–Kier alpha value is -2.93. The van der Waals surface area contributed by atoms with E-state index in [4.69, 9.17) is 0 Å². The van der Waals surface area contributed by atoms with Crippen LogP contribution in [0.3, 0.4) is 0 Å². The summed E-state index contributed by atoms with van der Waals surface area (Å²) in [6.07, 6.45) is 0.831. The Labute approximate surface area is 159 Å². The van der Waals surface area contributed by atoms with Crippen LogP contribution in [0.2, 0.25) is 0 Å². The second-order valence-electron chi connectivity index (χ2n) is 7.00. The highest BCUT2D eigenvalue weighted by atomic mass is 32.1. The molecule has 0 aliphatic carbocycles. The van der Waals surface area contributed by atoms with Crippen LogP contribution in [-0.2, 0) is 17.8 Å². The first-order chi connectivity index (χ1) is 13.0. The molecule has 4 aromatic rings. The first-order valence-electron chi connectivity index (χ1n) is 8.91. The highest BCUT2D eigenvalue weighted by molar-refractivity contribution is 7.16. The van der Waals surface area contributed by atoms with Gasteiger partial charge in [-0.3, -0.25) is 14.0 Å². The number of para-hydroxylation sites is 1. The minimum absolute atomic E-state index is 0.0618. The van der Waals surface area contributed by atoms with E-state index in [0.717, 1.165) is 27.9 Å². The molecule has 3 aromatic heterocycles. The van der Waals surface area contributed by atoms with E-state index in [1.54, 1.807) is 16.2 Å². The summed E-state index contributed by atoms with van der Waals surface area (Å²) in [6, 6.07) is 11.9. The van der Waals surface area contributed by atoms with Crippen molar-refractivity contribution in [3.8, 4) is 0 Å². The van der Waals surface area contributed by atoms with Crippen LogP contribution in [0.15, 0.2) is 46.6 Å². The number of anilines is 1. The molecule has 0 fully saturated rings. The molecule has 6 nitrogen and oxygen atoms in total. The van der Waals surface area contributed by atoms with E-state index >= 15 is 0 Å². The minimum atomic E-state index is -0.238. The maximum atomic E-state index is 13.0.